The maximum Gasteiger partial charge on any atom is 0.194 e. The van der Waals surface area contributed by atoms with Crippen LogP contribution in [0, 0.1) is 23.4 Å². The summed E-state index contributed by atoms with van der Waals surface area (Å²) in [6, 6.07) is 1.89. The summed E-state index contributed by atoms with van der Waals surface area (Å²) >= 11 is 0. The molecule has 5 heteroatoms. The highest BCUT2D eigenvalue weighted by atomic mass is 19.2. The molecule has 108 valence electrons. The van der Waals surface area contributed by atoms with E-state index < -0.39 is 17.5 Å². The molecule has 2 nitrogen and oxygen atoms in total. The third kappa shape index (κ3) is 4.21. The Hall–Kier alpha value is -1.07. The van der Waals surface area contributed by atoms with Crippen molar-refractivity contribution in [2.75, 3.05) is 20.3 Å². The Morgan fingerprint density at radius 3 is 2.47 bits per heavy atom. The van der Waals surface area contributed by atoms with E-state index in [1.807, 2.05) is 13.8 Å². The van der Waals surface area contributed by atoms with Crippen LogP contribution < -0.4 is 5.32 Å². The number of benzene rings is 1. The smallest absolute Gasteiger partial charge is 0.194 e. The van der Waals surface area contributed by atoms with Crippen LogP contribution in [-0.2, 0) is 4.74 Å². The van der Waals surface area contributed by atoms with Crippen molar-refractivity contribution in [1.82, 2.24) is 5.32 Å². The van der Waals surface area contributed by atoms with Crippen LogP contribution in [0.15, 0.2) is 12.1 Å². The zero-order chi connectivity index (χ0) is 14.4. The molecule has 1 aromatic rings. The molecule has 0 aliphatic carbocycles. The summed E-state index contributed by atoms with van der Waals surface area (Å²) in [6.07, 6.45) is 0.587. The van der Waals surface area contributed by atoms with Gasteiger partial charge < -0.3 is 10.1 Å². The monoisotopic (exact) mass is 275 g/mol. The van der Waals surface area contributed by atoms with Gasteiger partial charge in [-0.1, -0.05) is 19.9 Å². The highest BCUT2D eigenvalue weighted by Gasteiger charge is 2.21. The Labute approximate surface area is 112 Å². The maximum atomic E-state index is 13.8. The van der Waals surface area contributed by atoms with Crippen LogP contribution >= 0.6 is 0 Å². The largest absolute Gasteiger partial charge is 0.384 e. The van der Waals surface area contributed by atoms with Gasteiger partial charge >= 0.3 is 0 Å². The van der Waals surface area contributed by atoms with Crippen LogP contribution in [0.1, 0.15) is 31.9 Å². The van der Waals surface area contributed by atoms with Crippen LogP contribution in [-0.4, -0.2) is 20.3 Å². The van der Waals surface area contributed by atoms with Crippen molar-refractivity contribution in [2.45, 2.75) is 26.3 Å². The molecule has 0 saturated heterocycles. The third-order valence-electron chi connectivity index (χ3n) is 2.98. The molecule has 0 aliphatic heterocycles. The highest BCUT2D eigenvalue weighted by Crippen LogP contribution is 2.26. The lowest BCUT2D eigenvalue weighted by molar-refractivity contribution is 0.149. The molecule has 0 amide bonds. The van der Waals surface area contributed by atoms with Crippen LogP contribution in [0.2, 0.25) is 0 Å². The van der Waals surface area contributed by atoms with Gasteiger partial charge in [0.25, 0.3) is 0 Å². The lowest BCUT2D eigenvalue weighted by Crippen LogP contribution is -2.25. The van der Waals surface area contributed by atoms with Gasteiger partial charge in [0.05, 0.1) is 0 Å². The molecule has 0 aromatic heterocycles. The SMILES string of the molecule is CCNC(CC(C)COC)c1ccc(F)c(F)c1F. The number of nitrogens with one attached hydrogen (secondary N) is 1. The third-order valence-corrected chi connectivity index (χ3v) is 2.98. The Morgan fingerprint density at radius 2 is 1.89 bits per heavy atom. The second kappa shape index (κ2) is 7.50. The van der Waals surface area contributed by atoms with Crippen LogP contribution in [0.4, 0.5) is 13.2 Å². The molecule has 2 unspecified atom stereocenters. The molecule has 2 atom stereocenters. The standard InChI is InChI=1S/C14H20F3NO/c1-4-18-12(7-9(2)8-19-3)10-5-6-11(15)14(17)13(10)16/h5-6,9,12,18H,4,7-8H2,1-3H3. The molecule has 1 N–H and O–H groups in total. The summed E-state index contributed by atoms with van der Waals surface area (Å²) in [4.78, 5) is 0. The summed E-state index contributed by atoms with van der Waals surface area (Å²) < 4.78 is 45.0. The van der Waals surface area contributed by atoms with E-state index in [-0.39, 0.29) is 17.5 Å². The number of hydrogen-bond acceptors (Lipinski definition) is 2. The fourth-order valence-electron chi connectivity index (χ4n) is 2.13. The molecule has 1 aromatic carbocycles. The molecule has 0 bridgehead atoms. The Balaban J connectivity index is 2.95. The van der Waals surface area contributed by atoms with Crippen molar-refractivity contribution in [3.8, 4) is 0 Å². The lowest BCUT2D eigenvalue weighted by atomic mass is 9.95. The Morgan fingerprint density at radius 1 is 1.21 bits per heavy atom. The van der Waals surface area contributed by atoms with E-state index in [0.29, 0.717) is 19.6 Å². The number of hydrogen-bond donors (Lipinski definition) is 1. The van der Waals surface area contributed by atoms with Gasteiger partial charge in [-0.15, -0.1) is 0 Å². The van der Waals surface area contributed by atoms with Crippen molar-refractivity contribution in [3.63, 3.8) is 0 Å². The van der Waals surface area contributed by atoms with E-state index >= 15 is 0 Å². The fourth-order valence-corrected chi connectivity index (χ4v) is 2.13. The topological polar surface area (TPSA) is 21.3 Å². The van der Waals surface area contributed by atoms with E-state index in [9.17, 15) is 13.2 Å². The second-order valence-electron chi connectivity index (χ2n) is 4.67. The second-order valence-corrected chi connectivity index (χ2v) is 4.67. The Bertz CT molecular complexity index is 412. The fraction of sp³-hybridized carbons (Fsp3) is 0.571. The molecule has 0 heterocycles. The predicted molar refractivity (Wildman–Crippen MR) is 68.4 cm³/mol. The van der Waals surface area contributed by atoms with Gasteiger partial charge in [-0.3, -0.25) is 0 Å². The molecular weight excluding hydrogens is 255 g/mol. The van der Waals surface area contributed by atoms with Gasteiger partial charge in [-0.05, 0) is 24.9 Å². The summed E-state index contributed by atoms with van der Waals surface area (Å²) in [5.41, 5.74) is 0.156. The van der Waals surface area contributed by atoms with E-state index in [4.69, 9.17) is 4.74 Å². The number of halogens is 3. The average molecular weight is 275 g/mol. The minimum Gasteiger partial charge on any atom is -0.384 e. The van der Waals surface area contributed by atoms with Crippen molar-refractivity contribution >= 4 is 0 Å². The molecule has 0 radical (unpaired) electrons. The first kappa shape index (κ1) is 16.0. The Kier molecular flexibility index (Phi) is 6.31. The zero-order valence-electron chi connectivity index (χ0n) is 11.5. The summed E-state index contributed by atoms with van der Waals surface area (Å²) in [5.74, 6) is -3.52. The first-order valence-corrected chi connectivity index (χ1v) is 6.36. The quantitative estimate of drug-likeness (QED) is 0.770. The number of methoxy groups -OCH3 is 1. The van der Waals surface area contributed by atoms with Gasteiger partial charge in [-0.2, -0.15) is 0 Å². The van der Waals surface area contributed by atoms with Crippen molar-refractivity contribution in [2.24, 2.45) is 5.92 Å². The predicted octanol–water partition coefficient (Wildman–Crippen LogP) is 3.43. The van der Waals surface area contributed by atoms with Gasteiger partial charge in [0.15, 0.2) is 17.5 Å². The normalized spacial score (nSPS) is 14.4. The maximum absolute atomic E-state index is 13.8. The van der Waals surface area contributed by atoms with Gasteiger partial charge in [-0.25, -0.2) is 13.2 Å². The highest BCUT2D eigenvalue weighted by molar-refractivity contribution is 5.23. The zero-order valence-corrected chi connectivity index (χ0v) is 11.5. The van der Waals surface area contributed by atoms with Crippen molar-refractivity contribution in [3.05, 3.63) is 35.1 Å². The van der Waals surface area contributed by atoms with Crippen molar-refractivity contribution in [1.29, 1.82) is 0 Å². The van der Waals surface area contributed by atoms with E-state index in [1.54, 1.807) is 7.11 Å². The first-order valence-electron chi connectivity index (χ1n) is 6.36. The number of rotatable bonds is 7. The van der Waals surface area contributed by atoms with Crippen molar-refractivity contribution < 1.29 is 17.9 Å². The lowest BCUT2D eigenvalue weighted by Gasteiger charge is -2.22. The van der Waals surface area contributed by atoms with Crippen LogP contribution in [0.5, 0.6) is 0 Å². The molecule has 0 saturated carbocycles. The first-order chi connectivity index (χ1) is 9.01. The number of ether oxygens (including phenoxy) is 1. The minimum absolute atomic E-state index is 0.156. The van der Waals surface area contributed by atoms with E-state index in [2.05, 4.69) is 5.32 Å². The molecular formula is C14H20F3NO. The van der Waals surface area contributed by atoms with Gasteiger partial charge in [0.2, 0.25) is 0 Å². The molecule has 0 aliphatic rings. The van der Waals surface area contributed by atoms with Crippen LogP contribution in [0.25, 0.3) is 0 Å². The molecule has 1 rings (SSSR count). The summed E-state index contributed by atoms with van der Waals surface area (Å²) in [6.45, 7) is 4.99. The summed E-state index contributed by atoms with van der Waals surface area (Å²) in [7, 11) is 1.59. The molecule has 19 heavy (non-hydrogen) atoms. The molecule has 0 spiro atoms. The summed E-state index contributed by atoms with van der Waals surface area (Å²) in [5, 5.41) is 3.09. The minimum atomic E-state index is -1.42. The molecule has 0 fully saturated rings. The van der Waals surface area contributed by atoms with Crippen LogP contribution in [0.3, 0.4) is 0 Å². The van der Waals surface area contributed by atoms with Gasteiger partial charge in [0.1, 0.15) is 0 Å². The van der Waals surface area contributed by atoms with E-state index in [1.165, 1.54) is 6.07 Å². The average Bonchev–Trinajstić information content (AvgIpc) is 2.36. The van der Waals surface area contributed by atoms with Gasteiger partial charge in [0, 0.05) is 25.3 Å². The van der Waals surface area contributed by atoms with E-state index in [0.717, 1.165) is 6.07 Å².